The Morgan fingerprint density at radius 2 is 2.06 bits per heavy atom. The molecule has 7 nitrogen and oxygen atoms in total. The highest BCUT2D eigenvalue weighted by molar-refractivity contribution is 6.15. The lowest BCUT2D eigenvalue weighted by Crippen LogP contribution is -2.30. The quantitative estimate of drug-likeness (QED) is 0.447. The molecule has 0 fully saturated rings. The molecule has 1 aromatic heterocycles. The molecule has 0 saturated heterocycles. The van der Waals surface area contributed by atoms with Gasteiger partial charge in [-0.25, -0.2) is 0 Å². The van der Waals surface area contributed by atoms with Crippen LogP contribution in [0.4, 0.5) is 0 Å². The summed E-state index contributed by atoms with van der Waals surface area (Å²) in [6, 6.07) is 12.9. The van der Waals surface area contributed by atoms with Crippen LogP contribution in [0, 0.1) is 0 Å². The van der Waals surface area contributed by atoms with E-state index < -0.39 is 0 Å². The number of nitrogens with zero attached hydrogens (tertiary/aromatic N) is 1. The van der Waals surface area contributed by atoms with E-state index in [-0.39, 0.29) is 24.1 Å². The Balaban J connectivity index is 1.44. The molecule has 0 radical (unpaired) electrons. The molecule has 1 amide bonds. The molecule has 4 rings (SSSR count). The van der Waals surface area contributed by atoms with Gasteiger partial charge in [-0.2, -0.15) is 0 Å². The van der Waals surface area contributed by atoms with E-state index >= 15 is 0 Å². The van der Waals surface area contributed by atoms with Crippen molar-refractivity contribution in [1.82, 2.24) is 9.88 Å². The van der Waals surface area contributed by atoms with Crippen LogP contribution in [-0.4, -0.2) is 43.1 Å². The molecule has 0 bridgehead atoms. The summed E-state index contributed by atoms with van der Waals surface area (Å²) in [6.45, 7) is 1.00. The third kappa shape index (κ3) is 4.46. The smallest absolute Gasteiger partial charge is 0.257 e. The van der Waals surface area contributed by atoms with Crippen molar-refractivity contribution in [3.8, 4) is 11.5 Å². The maximum Gasteiger partial charge on any atom is 0.257 e. The number of hydrogen-bond acceptors (Lipinski definition) is 5. The second-order valence-corrected chi connectivity index (χ2v) is 7.30. The van der Waals surface area contributed by atoms with Gasteiger partial charge in [-0.1, -0.05) is 18.2 Å². The van der Waals surface area contributed by atoms with Gasteiger partial charge in [0.15, 0.2) is 12.4 Å². The van der Waals surface area contributed by atoms with Crippen LogP contribution < -0.4 is 14.8 Å². The van der Waals surface area contributed by atoms with E-state index in [0.717, 1.165) is 22.9 Å². The molecule has 0 unspecified atom stereocenters. The molecule has 1 N–H and O–H groups in total. The third-order valence-corrected chi connectivity index (χ3v) is 5.07. The van der Waals surface area contributed by atoms with Gasteiger partial charge in [0.1, 0.15) is 11.5 Å². The van der Waals surface area contributed by atoms with Crippen molar-refractivity contribution in [1.29, 1.82) is 0 Å². The van der Waals surface area contributed by atoms with Crippen LogP contribution >= 0.6 is 0 Å². The maximum absolute atomic E-state index is 12.8. The highest BCUT2D eigenvalue weighted by atomic mass is 16.5. The molecule has 2 aromatic carbocycles. The van der Waals surface area contributed by atoms with E-state index in [2.05, 4.69) is 5.32 Å². The number of allylic oxidation sites excluding steroid dienone is 1. The molecule has 1 aliphatic heterocycles. The number of fused-ring (bicyclic) bond motifs is 2. The van der Waals surface area contributed by atoms with Gasteiger partial charge < -0.3 is 24.1 Å². The van der Waals surface area contributed by atoms with Crippen LogP contribution in [0.2, 0.25) is 0 Å². The predicted octanol–water partition coefficient (Wildman–Crippen LogP) is 3.33. The van der Waals surface area contributed by atoms with Crippen LogP contribution in [-0.2, 0) is 16.6 Å². The molecule has 160 valence electrons. The van der Waals surface area contributed by atoms with Crippen molar-refractivity contribution in [3.63, 3.8) is 0 Å². The molecule has 0 saturated carbocycles. The summed E-state index contributed by atoms with van der Waals surface area (Å²) in [5, 5.41) is 3.80. The summed E-state index contributed by atoms with van der Waals surface area (Å²) in [5.74, 6) is 0.759. The fraction of sp³-hybridized carbons (Fsp3) is 0.250. The number of ketones is 1. The number of para-hydroxylation sites is 1. The van der Waals surface area contributed by atoms with Crippen molar-refractivity contribution in [3.05, 3.63) is 65.5 Å². The lowest BCUT2D eigenvalue weighted by molar-refractivity contribution is -0.123. The Morgan fingerprint density at radius 1 is 1.23 bits per heavy atom. The molecule has 7 heteroatoms. The third-order valence-electron chi connectivity index (χ3n) is 5.07. The minimum absolute atomic E-state index is 0.113. The van der Waals surface area contributed by atoms with E-state index in [1.807, 2.05) is 42.1 Å². The average Bonchev–Trinajstić information content (AvgIpc) is 3.26. The van der Waals surface area contributed by atoms with Crippen molar-refractivity contribution in [2.45, 2.75) is 6.42 Å². The zero-order valence-electron chi connectivity index (χ0n) is 17.5. The van der Waals surface area contributed by atoms with E-state index in [0.29, 0.717) is 30.2 Å². The number of ether oxygens (including phenoxy) is 3. The summed E-state index contributed by atoms with van der Waals surface area (Å²) >= 11 is 0. The normalized spacial score (nSPS) is 14.0. The molecule has 2 heterocycles. The van der Waals surface area contributed by atoms with Crippen LogP contribution in [0.3, 0.4) is 0 Å². The van der Waals surface area contributed by atoms with Gasteiger partial charge >= 0.3 is 0 Å². The van der Waals surface area contributed by atoms with Gasteiger partial charge in [0.25, 0.3) is 5.91 Å². The number of carbonyl (C=O) groups excluding carboxylic acids is 2. The van der Waals surface area contributed by atoms with Gasteiger partial charge in [0.05, 0.1) is 5.56 Å². The first kappa shape index (κ1) is 20.7. The van der Waals surface area contributed by atoms with E-state index in [1.54, 1.807) is 31.4 Å². The van der Waals surface area contributed by atoms with E-state index in [1.165, 1.54) is 0 Å². The fourth-order valence-electron chi connectivity index (χ4n) is 3.53. The number of aromatic nitrogens is 1. The number of amides is 1. The lowest BCUT2D eigenvalue weighted by atomic mass is 10.1. The van der Waals surface area contributed by atoms with Crippen LogP contribution in [0.25, 0.3) is 17.0 Å². The zero-order chi connectivity index (χ0) is 21.8. The Morgan fingerprint density at radius 3 is 2.90 bits per heavy atom. The number of Topliss-reactive ketones (excluding diaryl/α,β-unsaturated/α-hetero) is 1. The highest BCUT2D eigenvalue weighted by Crippen LogP contribution is 2.35. The van der Waals surface area contributed by atoms with Crippen LogP contribution in [0.15, 0.2) is 54.4 Å². The van der Waals surface area contributed by atoms with Crippen molar-refractivity contribution >= 4 is 28.7 Å². The first-order chi connectivity index (χ1) is 15.1. The minimum Gasteiger partial charge on any atom is -0.484 e. The monoisotopic (exact) mass is 420 g/mol. The van der Waals surface area contributed by atoms with Crippen LogP contribution in [0.5, 0.6) is 11.5 Å². The fourth-order valence-corrected chi connectivity index (χ4v) is 3.53. The summed E-state index contributed by atoms with van der Waals surface area (Å²) in [5.41, 5.74) is 2.47. The van der Waals surface area contributed by atoms with Gasteiger partial charge in [0.2, 0.25) is 5.78 Å². The van der Waals surface area contributed by atoms with E-state index in [4.69, 9.17) is 14.2 Å². The maximum atomic E-state index is 12.8. The minimum atomic E-state index is -0.217. The second-order valence-electron chi connectivity index (χ2n) is 7.30. The first-order valence-electron chi connectivity index (χ1n) is 10.1. The summed E-state index contributed by atoms with van der Waals surface area (Å²) in [4.78, 5) is 24.6. The van der Waals surface area contributed by atoms with Crippen LogP contribution in [0.1, 0.15) is 22.3 Å². The number of carbonyl (C=O) groups is 2. The summed E-state index contributed by atoms with van der Waals surface area (Å²) in [7, 11) is 3.59. The summed E-state index contributed by atoms with van der Waals surface area (Å²) < 4.78 is 18.3. The lowest BCUT2D eigenvalue weighted by Gasteiger charge is -2.08. The second kappa shape index (κ2) is 9.06. The molecule has 0 spiro atoms. The van der Waals surface area contributed by atoms with Gasteiger partial charge in [-0.15, -0.1) is 0 Å². The number of benzene rings is 2. The molecule has 0 atom stereocenters. The molecular weight excluding hydrogens is 396 g/mol. The number of aryl methyl sites for hydroxylation is 1. The molecular formula is C24H24N2O5. The van der Waals surface area contributed by atoms with Crippen molar-refractivity contribution in [2.75, 3.05) is 26.9 Å². The number of rotatable bonds is 8. The van der Waals surface area contributed by atoms with Crippen molar-refractivity contribution < 1.29 is 23.8 Å². The number of methoxy groups -OCH3 is 1. The Kier molecular flexibility index (Phi) is 6.04. The summed E-state index contributed by atoms with van der Waals surface area (Å²) in [6.07, 6.45) is 4.47. The molecule has 31 heavy (non-hydrogen) atoms. The Hall–Kier alpha value is -3.58. The Bertz CT molecular complexity index is 1160. The predicted molar refractivity (Wildman–Crippen MR) is 117 cm³/mol. The van der Waals surface area contributed by atoms with Gasteiger partial charge in [-0.05, 0) is 30.7 Å². The van der Waals surface area contributed by atoms with Gasteiger partial charge in [-0.3, -0.25) is 9.59 Å². The highest BCUT2D eigenvalue weighted by Gasteiger charge is 2.28. The molecule has 1 aliphatic rings. The topological polar surface area (TPSA) is 78.8 Å². The standard InChI is InChI=1S/C24H24N2O5/c1-26-14-16(18-6-3-4-7-20(18)26)12-22-24(28)19-9-8-17(13-21(19)31-22)30-15-23(27)25-10-5-11-29-2/h3-4,6-9,12-14H,5,10-11,15H2,1-2H3,(H,25,27)/b22-12+. The zero-order valence-corrected chi connectivity index (χ0v) is 17.5. The Labute approximate surface area is 180 Å². The van der Waals surface area contributed by atoms with Gasteiger partial charge in [0, 0.05) is 56.0 Å². The first-order valence-corrected chi connectivity index (χ1v) is 10.1. The molecule has 0 aliphatic carbocycles. The number of nitrogens with one attached hydrogen (secondary N) is 1. The SMILES string of the molecule is COCCCNC(=O)COc1ccc2c(c1)O/C(=C/c1cn(C)c3ccccc13)C2=O. The largest absolute Gasteiger partial charge is 0.484 e. The number of hydrogen-bond donors (Lipinski definition) is 1. The van der Waals surface area contributed by atoms with Crippen molar-refractivity contribution in [2.24, 2.45) is 7.05 Å². The van der Waals surface area contributed by atoms with E-state index in [9.17, 15) is 9.59 Å². The average molecular weight is 420 g/mol. The molecule has 3 aromatic rings.